The molecule has 2 N–H and O–H groups in total. The molecule has 4 heteroatoms. The molecule has 132 valence electrons. The molecule has 1 spiro atoms. The van der Waals surface area contributed by atoms with Gasteiger partial charge in [0.15, 0.2) is 0 Å². The molecule has 24 heavy (non-hydrogen) atoms. The first-order valence-electron chi connectivity index (χ1n) is 9.26. The van der Waals surface area contributed by atoms with Gasteiger partial charge in [0.2, 0.25) is 5.91 Å². The van der Waals surface area contributed by atoms with Crippen molar-refractivity contribution in [3.8, 4) is 0 Å². The lowest BCUT2D eigenvalue weighted by Crippen LogP contribution is -2.61. The molecule has 1 aromatic rings. The van der Waals surface area contributed by atoms with Crippen molar-refractivity contribution >= 4 is 5.91 Å². The van der Waals surface area contributed by atoms with Crippen molar-refractivity contribution < 1.29 is 9.90 Å². The average molecular weight is 330 g/mol. The third-order valence-electron chi connectivity index (χ3n) is 5.47. The lowest BCUT2D eigenvalue weighted by Gasteiger charge is -2.47. The normalized spacial score (nSPS) is 28.3. The molecule has 0 aliphatic carbocycles. The molecule has 3 rings (SSSR count). The van der Waals surface area contributed by atoms with E-state index in [1.54, 1.807) is 0 Å². The molecule has 2 aliphatic rings. The maximum atomic E-state index is 12.4. The summed E-state index contributed by atoms with van der Waals surface area (Å²) < 4.78 is 0. The molecule has 2 atom stereocenters. The van der Waals surface area contributed by atoms with E-state index in [0.717, 1.165) is 38.9 Å². The van der Waals surface area contributed by atoms with E-state index in [9.17, 15) is 9.90 Å². The number of hydrogen-bond donors (Lipinski definition) is 2. The van der Waals surface area contributed by atoms with Gasteiger partial charge in [-0.25, -0.2) is 0 Å². The van der Waals surface area contributed by atoms with Crippen LogP contribution in [0, 0.1) is 11.3 Å². The van der Waals surface area contributed by atoms with Gasteiger partial charge in [-0.15, -0.1) is 0 Å². The van der Waals surface area contributed by atoms with Crippen molar-refractivity contribution in [3.05, 3.63) is 35.4 Å². The van der Waals surface area contributed by atoms with Crippen LogP contribution in [0.1, 0.15) is 44.2 Å². The zero-order valence-electron chi connectivity index (χ0n) is 14.9. The second kappa shape index (κ2) is 7.24. The minimum Gasteiger partial charge on any atom is -0.392 e. The van der Waals surface area contributed by atoms with Crippen LogP contribution in [-0.2, 0) is 17.8 Å². The summed E-state index contributed by atoms with van der Waals surface area (Å²) in [4.78, 5) is 14.8. The Kier molecular flexibility index (Phi) is 5.26. The van der Waals surface area contributed by atoms with Gasteiger partial charge < -0.3 is 10.4 Å². The maximum Gasteiger partial charge on any atom is 0.230 e. The molecule has 2 aliphatic heterocycles. The molecule has 0 bridgehead atoms. The van der Waals surface area contributed by atoms with Crippen LogP contribution in [0.4, 0.5) is 0 Å². The van der Waals surface area contributed by atoms with E-state index in [1.165, 1.54) is 11.1 Å². The van der Waals surface area contributed by atoms with E-state index < -0.39 is 11.5 Å². The molecule has 1 aromatic carbocycles. The number of carbonyl (C=O) groups is 1. The molecule has 0 saturated carbocycles. The fourth-order valence-electron chi connectivity index (χ4n) is 4.17. The number of likely N-dealkylation sites (tertiary alicyclic amines) is 1. The van der Waals surface area contributed by atoms with Gasteiger partial charge in [-0.1, -0.05) is 38.1 Å². The van der Waals surface area contributed by atoms with Crippen molar-refractivity contribution in [2.75, 3.05) is 19.6 Å². The van der Waals surface area contributed by atoms with Crippen LogP contribution in [0.3, 0.4) is 0 Å². The summed E-state index contributed by atoms with van der Waals surface area (Å²) in [7, 11) is 0. The van der Waals surface area contributed by atoms with Crippen molar-refractivity contribution in [2.24, 2.45) is 11.3 Å². The van der Waals surface area contributed by atoms with E-state index >= 15 is 0 Å². The molecule has 2 heterocycles. The quantitative estimate of drug-likeness (QED) is 0.891. The molecular weight excluding hydrogens is 300 g/mol. The molecule has 1 amide bonds. The van der Waals surface area contributed by atoms with Gasteiger partial charge in [0.25, 0.3) is 0 Å². The fraction of sp³-hybridized carbons (Fsp3) is 0.650. The molecule has 4 nitrogen and oxygen atoms in total. The monoisotopic (exact) mass is 330 g/mol. The number of rotatable bonds is 4. The average Bonchev–Trinajstić information content (AvgIpc) is 2.55. The lowest BCUT2D eigenvalue weighted by atomic mass is 9.71. The Morgan fingerprint density at radius 1 is 1.29 bits per heavy atom. The largest absolute Gasteiger partial charge is 0.392 e. The minimum absolute atomic E-state index is 0.0400. The summed E-state index contributed by atoms with van der Waals surface area (Å²) in [5.74, 6) is 0.710. The number of benzene rings is 1. The summed E-state index contributed by atoms with van der Waals surface area (Å²) in [6.45, 7) is 7.58. The summed E-state index contributed by atoms with van der Waals surface area (Å²) in [5.41, 5.74) is 2.06. The van der Waals surface area contributed by atoms with E-state index in [2.05, 4.69) is 48.3 Å². The van der Waals surface area contributed by atoms with Gasteiger partial charge in [-0.05, 0) is 42.7 Å². The molecule has 0 radical (unpaired) electrons. The van der Waals surface area contributed by atoms with Gasteiger partial charge in [-0.3, -0.25) is 9.69 Å². The summed E-state index contributed by atoms with van der Waals surface area (Å²) in [6, 6.07) is 8.85. The zero-order valence-corrected chi connectivity index (χ0v) is 14.9. The first-order chi connectivity index (χ1) is 11.5. The standard InChI is InChI=1S/C20H30N2O2/c1-15(2)12-16-4-6-17(7-5-16)13-22-11-8-18(23)20(14-22)9-3-10-21-19(20)24/h4-7,15,18,23H,3,8-14H2,1-2H3,(H,21,24)/t18-,20+/m0/s1. The number of aliphatic hydroxyl groups excluding tert-OH is 1. The third-order valence-corrected chi connectivity index (χ3v) is 5.47. The van der Waals surface area contributed by atoms with Gasteiger partial charge in [0.05, 0.1) is 11.5 Å². The number of hydrogen-bond acceptors (Lipinski definition) is 3. The zero-order chi connectivity index (χ0) is 17.2. The SMILES string of the molecule is CC(C)Cc1ccc(CN2CC[C@H](O)[C@@]3(CCCNC3=O)C2)cc1. The first kappa shape index (κ1) is 17.4. The number of piperidine rings is 2. The van der Waals surface area contributed by atoms with Crippen molar-refractivity contribution in [2.45, 2.75) is 52.2 Å². The van der Waals surface area contributed by atoms with Crippen LogP contribution in [0.2, 0.25) is 0 Å². The molecule has 2 saturated heterocycles. The topological polar surface area (TPSA) is 52.6 Å². The number of nitrogens with one attached hydrogen (secondary N) is 1. The predicted molar refractivity (Wildman–Crippen MR) is 95.6 cm³/mol. The highest BCUT2D eigenvalue weighted by Crippen LogP contribution is 2.37. The molecule has 2 fully saturated rings. The van der Waals surface area contributed by atoms with Crippen molar-refractivity contribution in [1.29, 1.82) is 0 Å². The Morgan fingerprint density at radius 3 is 2.67 bits per heavy atom. The van der Waals surface area contributed by atoms with Crippen molar-refractivity contribution in [1.82, 2.24) is 10.2 Å². The van der Waals surface area contributed by atoms with Gasteiger partial charge >= 0.3 is 0 Å². The lowest BCUT2D eigenvalue weighted by molar-refractivity contribution is -0.149. The smallest absolute Gasteiger partial charge is 0.230 e. The Morgan fingerprint density at radius 2 is 2.00 bits per heavy atom. The predicted octanol–water partition coefficient (Wildman–Crippen LogP) is 2.35. The summed E-state index contributed by atoms with van der Waals surface area (Å²) >= 11 is 0. The summed E-state index contributed by atoms with van der Waals surface area (Å²) in [6.07, 6.45) is 3.03. The van der Waals surface area contributed by atoms with Crippen LogP contribution < -0.4 is 5.32 Å². The van der Waals surface area contributed by atoms with E-state index in [4.69, 9.17) is 0 Å². The first-order valence-corrected chi connectivity index (χ1v) is 9.26. The Hall–Kier alpha value is -1.39. The van der Waals surface area contributed by atoms with Crippen molar-refractivity contribution in [3.63, 3.8) is 0 Å². The molecule has 0 unspecified atom stereocenters. The van der Waals surface area contributed by atoms with Crippen LogP contribution in [0.5, 0.6) is 0 Å². The Balaban J connectivity index is 1.66. The van der Waals surface area contributed by atoms with E-state index in [0.29, 0.717) is 18.9 Å². The Bertz CT molecular complexity index is 570. The van der Waals surface area contributed by atoms with Gasteiger partial charge in [0, 0.05) is 26.2 Å². The van der Waals surface area contributed by atoms with Crippen LogP contribution in [0.15, 0.2) is 24.3 Å². The number of amides is 1. The maximum absolute atomic E-state index is 12.4. The van der Waals surface area contributed by atoms with E-state index in [-0.39, 0.29) is 5.91 Å². The van der Waals surface area contributed by atoms with Gasteiger partial charge in [-0.2, -0.15) is 0 Å². The number of carbonyl (C=O) groups excluding carboxylic acids is 1. The molecule has 0 aromatic heterocycles. The van der Waals surface area contributed by atoms with Crippen LogP contribution in [-0.4, -0.2) is 41.7 Å². The van der Waals surface area contributed by atoms with E-state index in [1.807, 2.05) is 0 Å². The highest BCUT2D eigenvalue weighted by Gasteiger charge is 2.49. The third kappa shape index (κ3) is 3.65. The second-order valence-corrected chi connectivity index (χ2v) is 7.95. The minimum atomic E-state index is -0.603. The number of aliphatic hydroxyl groups is 1. The Labute approximate surface area is 145 Å². The fourth-order valence-corrected chi connectivity index (χ4v) is 4.17. The van der Waals surface area contributed by atoms with Crippen LogP contribution >= 0.6 is 0 Å². The highest BCUT2D eigenvalue weighted by molar-refractivity contribution is 5.84. The molecular formula is C20H30N2O2. The highest BCUT2D eigenvalue weighted by atomic mass is 16.3. The second-order valence-electron chi connectivity index (χ2n) is 7.95. The van der Waals surface area contributed by atoms with Crippen LogP contribution in [0.25, 0.3) is 0 Å². The number of nitrogens with zero attached hydrogens (tertiary/aromatic N) is 1. The summed E-state index contributed by atoms with van der Waals surface area (Å²) in [5, 5.41) is 13.4. The van der Waals surface area contributed by atoms with Gasteiger partial charge in [0.1, 0.15) is 0 Å².